The van der Waals surface area contributed by atoms with E-state index in [0.717, 1.165) is 23.5 Å². The van der Waals surface area contributed by atoms with Gasteiger partial charge < -0.3 is 5.32 Å². The fourth-order valence-electron chi connectivity index (χ4n) is 1.49. The molecule has 2 rings (SSSR count). The molecule has 1 aliphatic rings. The summed E-state index contributed by atoms with van der Waals surface area (Å²) in [7, 11) is 0. The molecule has 2 atom stereocenters. The molecule has 1 N–H and O–H groups in total. The van der Waals surface area contributed by atoms with Gasteiger partial charge in [0.1, 0.15) is 0 Å². The quantitative estimate of drug-likeness (QED) is 0.782. The second-order valence-electron chi connectivity index (χ2n) is 3.79. The number of rotatable bonds is 3. The Bertz CT molecular complexity index is 298. The van der Waals surface area contributed by atoms with Crippen molar-refractivity contribution in [2.45, 2.75) is 25.9 Å². The lowest BCUT2D eigenvalue weighted by Gasteiger charge is -2.04. The van der Waals surface area contributed by atoms with Crippen LogP contribution >= 0.6 is 11.6 Å². The van der Waals surface area contributed by atoms with Gasteiger partial charge in [-0.25, -0.2) is 0 Å². The predicted octanol–water partition coefficient (Wildman–Crippen LogP) is 2.84. The number of nitrogens with one attached hydrogen (secondary N) is 1. The molecule has 0 heterocycles. The van der Waals surface area contributed by atoms with Crippen molar-refractivity contribution in [3.8, 4) is 0 Å². The van der Waals surface area contributed by atoms with Crippen molar-refractivity contribution in [3.05, 3.63) is 34.9 Å². The van der Waals surface area contributed by atoms with Gasteiger partial charge in [0, 0.05) is 17.6 Å². The smallest absolute Gasteiger partial charge is 0.0450 e. The summed E-state index contributed by atoms with van der Waals surface area (Å²) in [5.74, 6) is 0.850. The van der Waals surface area contributed by atoms with E-state index in [-0.39, 0.29) is 0 Å². The molecule has 0 spiro atoms. The van der Waals surface area contributed by atoms with Gasteiger partial charge in [-0.15, -0.1) is 0 Å². The SMILES string of the molecule is CC1CC1NCc1ccccc1Cl. The minimum Gasteiger partial charge on any atom is -0.310 e. The molecule has 1 aromatic carbocycles. The van der Waals surface area contributed by atoms with Crippen LogP contribution in [0.3, 0.4) is 0 Å². The van der Waals surface area contributed by atoms with E-state index in [1.807, 2.05) is 18.2 Å². The highest BCUT2D eigenvalue weighted by Crippen LogP contribution is 2.29. The third-order valence-electron chi connectivity index (χ3n) is 2.62. The van der Waals surface area contributed by atoms with Crippen LogP contribution in [0.25, 0.3) is 0 Å². The molecule has 0 radical (unpaired) electrons. The number of hydrogen-bond acceptors (Lipinski definition) is 1. The van der Waals surface area contributed by atoms with Gasteiger partial charge in [0.25, 0.3) is 0 Å². The van der Waals surface area contributed by atoms with Crippen molar-refractivity contribution < 1.29 is 0 Å². The van der Waals surface area contributed by atoms with Gasteiger partial charge in [-0.05, 0) is 24.0 Å². The van der Waals surface area contributed by atoms with E-state index in [4.69, 9.17) is 11.6 Å². The summed E-state index contributed by atoms with van der Waals surface area (Å²) in [4.78, 5) is 0. The lowest BCUT2D eigenvalue weighted by Crippen LogP contribution is -2.17. The molecule has 1 nitrogen and oxygen atoms in total. The third kappa shape index (κ3) is 2.23. The molecule has 70 valence electrons. The molecule has 1 aromatic rings. The molecular weight excluding hydrogens is 182 g/mol. The molecule has 0 saturated heterocycles. The van der Waals surface area contributed by atoms with E-state index in [9.17, 15) is 0 Å². The van der Waals surface area contributed by atoms with Crippen LogP contribution in [-0.4, -0.2) is 6.04 Å². The van der Waals surface area contributed by atoms with Crippen molar-refractivity contribution in [1.29, 1.82) is 0 Å². The highest BCUT2D eigenvalue weighted by Gasteiger charge is 2.31. The van der Waals surface area contributed by atoms with E-state index in [1.165, 1.54) is 12.0 Å². The van der Waals surface area contributed by atoms with Gasteiger partial charge in [0.2, 0.25) is 0 Å². The van der Waals surface area contributed by atoms with Crippen LogP contribution in [0.2, 0.25) is 5.02 Å². The molecule has 0 amide bonds. The molecule has 2 heteroatoms. The van der Waals surface area contributed by atoms with Crippen LogP contribution in [-0.2, 0) is 6.54 Å². The van der Waals surface area contributed by atoms with E-state index < -0.39 is 0 Å². The van der Waals surface area contributed by atoms with Gasteiger partial charge in [0.05, 0.1) is 0 Å². The second-order valence-corrected chi connectivity index (χ2v) is 4.20. The van der Waals surface area contributed by atoms with E-state index in [2.05, 4.69) is 18.3 Å². The maximum Gasteiger partial charge on any atom is 0.0450 e. The zero-order valence-electron chi connectivity index (χ0n) is 7.76. The highest BCUT2D eigenvalue weighted by atomic mass is 35.5. The summed E-state index contributed by atoms with van der Waals surface area (Å²) in [6.07, 6.45) is 1.31. The molecule has 1 fully saturated rings. The summed E-state index contributed by atoms with van der Waals surface area (Å²) in [6.45, 7) is 3.17. The first kappa shape index (κ1) is 9.04. The number of benzene rings is 1. The summed E-state index contributed by atoms with van der Waals surface area (Å²) in [5.41, 5.74) is 1.20. The van der Waals surface area contributed by atoms with Crippen LogP contribution in [0, 0.1) is 5.92 Å². The fraction of sp³-hybridized carbons (Fsp3) is 0.455. The average molecular weight is 196 g/mol. The Hall–Kier alpha value is -0.530. The van der Waals surface area contributed by atoms with Crippen molar-refractivity contribution in [2.75, 3.05) is 0 Å². The zero-order chi connectivity index (χ0) is 9.26. The van der Waals surface area contributed by atoms with E-state index in [0.29, 0.717) is 0 Å². The molecule has 0 bridgehead atoms. The lowest BCUT2D eigenvalue weighted by molar-refractivity contribution is 0.653. The number of hydrogen-bond donors (Lipinski definition) is 1. The molecule has 13 heavy (non-hydrogen) atoms. The van der Waals surface area contributed by atoms with Gasteiger partial charge in [-0.3, -0.25) is 0 Å². The Balaban J connectivity index is 1.90. The van der Waals surface area contributed by atoms with Crippen LogP contribution in [0.1, 0.15) is 18.9 Å². The van der Waals surface area contributed by atoms with Gasteiger partial charge >= 0.3 is 0 Å². The van der Waals surface area contributed by atoms with Gasteiger partial charge in [-0.1, -0.05) is 36.7 Å². The number of halogens is 1. The van der Waals surface area contributed by atoms with E-state index >= 15 is 0 Å². The summed E-state index contributed by atoms with van der Waals surface area (Å²) in [5, 5.41) is 4.34. The maximum absolute atomic E-state index is 6.02. The Morgan fingerprint density at radius 3 is 2.77 bits per heavy atom. The largest absolute Gasteiger partial charge is 0.310 e. The van der Waals surface area contributed by atoms with Crippen molar-refractivity contribution >= 4 is 11.6 Å². The normalized spacial score (nSPS) is 26.0. The third-order valence-corrected chi connectivity index (χ3v) is 2.99. The lowest BCUT2D eigenvalue weighted by atomic mass is 10.2. The first-order valence-corrected chi connectivity index (χ1v) is 5.12. The first-order chi connectivity index (χ1) is 6.27. The molecule has 2 unspecified atom stereocenters. The van der Waals surface area contributed by atoms with Crippen LogP contribution in [0.4, 0.5) is 0 Å². The van der Waals surface area contributed by atoms with Crippen molar-refractivity contribution in [1.82, 2.24) is 5.32 Å². The summed E-state index contributed by atoms with van der Waals surface area (Å²) < 4.78 is 0. The van der Waals surface area contributed by atoms with E-state index in [1.54, 1.807) is 0 Å². The molecule has 1 saturated carbocycles. The monoisotopic (exact) mass is 195 g/mol. The summed E-state index contributed by atoms with van der Waals surface area (Å²) in [6, 6.07) is 8.72. The standard InChI is InChI=1S/C11H14ClN/c1-8-6-11(8)13-7-9-4-2-3-5-10(9)12/h2-5,8,11,13H,6-7H2,1H3. The molecule has 1 aliphatic carbocycles. The Morgan fingerprint density at radius 2 is 2.15 bits per heavy atom. The first-order valence-electron chi connectivity index (χ1n) is 4.74. The van der Waals surface area contributed by atoms with Crippen LogP contribution < -0.4 is 5.32 Å². The minimum atomic E-state index is 0.719. The zero-order valence-corrected chi connectivity index (χ0v) is 8.51. The molecule has 0 aliphatic heterocycles. The van der Waals surface area contributed by atoms with Gasteiger partial charge in [0.15, 0.2) is 0 Å². The molecular formula is C11H14ClN. The second kappa shape index (κ2) is 3.69. The van der Waals surface area contributed by atoms with Crippen LogP contribution in [0.15, 0.2) is 24.3 Å². The van der Waals surface area contributed by atoms with Gasteiger partial charge in [-0.2, -0.15) is 0 Å². The van der Waals surface area contributed by atoms with Crippen molar-refractivity contribution in [2.24, 2.45) is 5.92 Å². The predicted molar refractivity (Wildman–Crippen MR) is 55.9 cm³/mol. The Labute approximate surface area is 84.1 Å². The summed E-state index contributed by atoms with van der Waals surface area (Å²) >= 11 is 6.02. The topological polar surface area (TPSA) is 12.0 Å². The average Bonchev–Trinajstić information content (AvgIpc) is 2.81. The Morgan fingerprint density at radius 1 is 1.46 bits per heavy atom. The van der Waals surface area contributed by atoms with Crippen LogP contribution in [0.5, 0.6) is 0 Å². The highest BCUT2D eigenvalue weighted by molar-refractivity contribution is 6.31. The fourth-order valence-corrected chi connectivity index (χ4v) is 1.69. The Kier molecular flexibility index (Phi) is 2.56. The maximum atomic E-state index is 6.02. The molecule has 0 aromatic heterocycles. The van der Waals surface area contributed by atoms with Crippen molar-refractivity contribution in [3.63, 3.8) is 0 Å². The minimum absolute atomic E-state index is 0.719.